The second-order valence-electron chi connectivity index (χ2n) is 5.11. The quantitative estimate of drug-likeness (QED) is 0.888. The summed E-state index contributed by atoms with van der Waals surface area (Å²) in [6, 6.07) is 3.15. The Morgan fingerprint density at radius 3 is 2.70 bits per heavy atom. The van der Waals surface area contributed by atoms with Crippen LogP contribution in [0.15, 0.2) is 12.1 Å². The van der Waals surface area contributed by atoms with E-state index < -0.39 is 9.84 Å². The van der Waals surface area contributed by atoms with Crippen LogP contribution in [0, 0.1) is 6.92 Å². The highest BCUT2D eigenvalue weighted by atomic mass is 32.2. The van der Waals surface area contributed by atoms with Crippen molar-refractivity contribution in [2.24, 2.45) is 0 Å². The number of rotatable bonds is 3. The van der Waals surface area contributed by atoms with E-state index in [0.717, 1.165) is 5.69 Å². The van der Waals surface area contributed by atoms with Gasteiger partial charge < -0.3 is 10.2 Å². The van der Waals surface area contributed by atoms with Gasteiger partial charge in [-0.25, -0.2) is 13.4 Å². The van der Waals surface area contributed by atoms with E-state index in [4.69, 9.17) is 0 Å². The SMILES string of the molecule is CNc1cc(C(=O)N(C)C2CCS(=O)(=O)C2)cc(C)n1. The van der Waals surface area contributed by atoms with Crippen molar-refractivity contribution in [2.75, 3.05) is 30.9 Å². The predicted octanol–water partition coefficient (Wildman–Crippen LogP) is 0.691. The molecular formula is C13H19N3O3S. The average Bonchev–Trinajstić information content (AvgIpc) is 2.76. The molecule has 1 N–H and O–H groups in total. The Bertz CT molecular complexity index is 628. The van der Waals surface area contributed by atoms with Crippen molar-refractivity contribution < 1.29 is 13.2 Å². The molecule has 7 heteroatoms. The largest absolute Gasteiger partial charge is 0.373 e. The number of sulfone groups is 1. The van der Waals surface area contributed by atoms with Gasteiger partial charge in [0.2, 0.25) is 0 Å². The maximum atomic E-state index is 12.4. The number of nitrogens with zero attached hydrogens (tertiary/aromatic N) is 2. The van der Waals surface area contributed by atoms with Crippen LogP contribution in [-0.4, -0.2) is 55.9 Å². The van der Waals surface area contributed by atoms with Gasteiger partial charge in [-0.15, -0.1) is 0 Å². The summed E-state index contributed by atoms with van der Waals surface area (Å²) in [7, 11) is 0.399. The topological polar surface area (TPSA) is 79.4 Å². The van der Waals surface area contributed by atoms with E-state index in [2.05, 4.69) is 10.3 Å². The van der Waals surface area contributed by atoms with Crippen LogP contribution < -0.4 is 5.32 Å². The standard InChI is InChI=1S/C13H19N3O3S/c1-9-6-10(7-12(14-2)15-9)13(17)16(3)11-4-5-20(18,19)8-11/h6-7,11H,4-5,8H2,1-3H3,(H,14,15). The van der Waals surface area contributed by atoms with Gasteiger partial charge in [-0.05, 0) is 25.5 Å². The number of hydrogen-bond acceptors (Lipinski definition) is 5. The van der Waals surface area contributed by atoms with E-state index in [1.54, 1.807) is 26.2 Å². The number of hydrogen-bond donors (Lipinski definition) is 1. The molecular weight excluding hydrogens is 278 g/mol. The summed E-state index contributed by atoms with van der Waals surface area (Å²) in [6.07, 6.45) is 0.507. The van der Waals surface area contributed by atoms with Gasteiger partial charge in [0.15, 0.2) is 9.84 Å². The molecule has 1 aromatic rings. The second kappa shape index (κ2) is 5.40. The van der Waals surface area contributed by atoms with E-state index in [0.29, 0.717) is 17.8 Å². The van der Waals surface area contributed by atoms with E-state index in [1.807, 2.05) is 6.92 Å². The average molecular weight is 297 g/mol. The number of pyridine rings is 1. The molecule has 110 valence electrons. The summed E-state index contributed by atoms with van der Waals surface area (Å²) >= 11 is 0. The molecule has 0 aliphatic carbocycles. The van der Waals surface area contributed by atoms with Gasteiger partial charge in [0.1, 0.15) is 5.82 Å². The van der Waals surface area contributed by atoms with E-state index in [9.17, 15) is 13.2 Å². The van der Waals surface area contributed by atoms with Crippen LogP contribution in [-0.2, 0) is 9.84 Å². The van der Waals surface area contributed by atoms with Crippen molar-refractivity contribution in [1.82, 2.24) is 9.88 Å². The van der Waals surface area contributed by atoms with Crippen molar-refractivity contribution in [2.45, 2.75) is 19.4 Å². The number of aromatic nitrogens is 1. The third-order valence-electron chi connectivity index (χ3n) is 3.53. The Labute approximate surface area is 119 Å². The van der Waals surface area contributed by atoms with Gasteiger partial charge in [-0.2, -0.15) is 0 Å². The summed E-state index contributed by atoms with van der Waals surface area (Å²) in [5.41, 5.74) is 1.27. The van der Waals surface area contributed by atoms with Crippen LogP contribution in [0.2, 0.25) is 0 Å². The molecule has 1 aliphatic rings. The van der Waals surface area contributed by atoms with E-state index in [-0.39, 0.29) is 23.5 Å². The van der Waals surface area contributed by atoms with Crippen LogP contribution in [0.1, 0.15) is 22.5 Å². The number of carbonyl (C=O) groups excluding carboxylic acids is 1. The van der Waals surface area contributed by atoms with E-state index >= 15 is 0 Å². The zero-order chi connectivity index (χ0) is 14.9. The lowest BCUT2D eigenvalue weighted by Crippen LogP contribution is -2.37. The Balaban J connectivity index is 2.21. The molecule has 1 atom stereocenters. The van der Waals surface area contributed by atoms with Crippen LogP contribution in [0.3, 0.4) is 0 Å². The first-order valence-electron chi connectivity index (χ1n) is 6.46. The molecule has 1 saturated heterocycles. The fourth-order valence-corrected chi connectivity index (χ4v) is 4.14. The number of carbonyl (C=O) groups is 1. The molecule has 0 spiro atoms. The van der Waals surface area contributed by atoms with Crippen LogP contribution >= 0.6 is 0 Å². The Kier molecular flexibility index (Phi) is 3.99. The molecule has 1 aromatic heterocycles. The summed E-state index contributed by atoms with van der Waals surface area (Å²) < 4.78 is 23.0. The zero-order valence-electron chi connectivity index (χ0n) is 11.9. The fraction of sp³-hybridized carbons (Fsp3) is 0.538. The minimum absolute atomic E-state index is 0.0538. The molecule has 0 bridgehead atoms. The van der Waals surface area contributed by atoms with Gasteiger partial charge in [0.05, 0.1) is 11.5 Å². The highest BCUT2D eigenvalue weighted by molar-refractivity contribution is 7.91. The Hall–Kier alpha value is -1.63. The number of aryl methyl sites for hydroxylation is 1. The van der Waals surface area contributed by atoms with Gasteiger partial charge in [-0.3, -0.25) is 4.79 Å². The molecule has 2 heterocycles. The zero-order valence-corrected chi connectivity index (χ0v) is 12.7. The fourth-order valence-electron chi connectivity index (χ4n) is 2.37. The van der Waals surface area contributed by atoms with Crippen LogP contribution in [0.4, 0.5) is 5.82 Å². The minimum Gasteiger partial charge on any atom is -0.373 e. The van der Waals surface area contributed by atoms with Gasteiger partial charge in [0.25, 0.3) is 5.91 Å². The molecule has 20 heavy (non-hydrogen) atoms. The molecule has 1 amide bonds. The highest BCUT2D eigenvalue weighted by Gasteiger charge is 2.33. The third-order valence-corrected chi connectivity index (χ3v) is 5.28. The summed E-state index contributed by atoms with van der Waals surface area (Å²) in [5.74, 6) is 0.667. The Morgan fingerprint density at radius 2 is 2.15 bits per heavy atom. The summed E-state index contributed by atoms with van der Waals surface area (Å²) in [5, 5.41) is 2.91. The maximum Gasteiger partial charge on any atom is 0.254 e. The lowest BCUT2D eigenvalue weighted by molar-refractivity contribution is 0.0747. The van der Waals surface area contributed by atoms with Crippen LogP contribution in [0.5, 0.6) is 0 Å². The highest BCUT2D eigenvalue weighted by Crippen LogP contribution is 2.19. The molecule has 0 radical (unpaired) electrons. The molecule has 1 aliphatic heterocycles. The first kappa shape index (κ1) is 14.8. The molecule has 1 unspecified atom stereocenters. The lowest BCUT2D eigenvalue weighted by atomic mass is 10.1. The van der Waals surface area contributed by atoms with Gasteiger partial charge >= 0.3 is 0 Å². The molecule has 0 aromatic carbocycles. The van der Waals surface area contributed by atoms with Crippen molar-refractivity contribution in [3.05, 3.63) is 23.4 Å². The third kappa shape index (κ3) is 3.09. The van der Waals surface area contributed by atoms with Crippen molar-refractivity contribution in [3.63, 3.8) is 0 Å². The minimum atomic E-state index is -3.00. The monoisotopic (exact) mass is 297 g/mol. The molecule has 0 saturated carbocycles. The first-order valence-corrected chi connectivity index (χ1v) is 8.28. The number of anilines is 1. The maximum absolute atomic E-state index is 12.4. The van der Waals surface area contributed by atoms with Crippen LogP contribution in [0.25, 0.3) is 0 Å². The molecule has 2 rings (SSSR count). The Morgan fingerprint density at radius 1 is 1.45 bits per heavy atom. The van der Waals surface area contributed by atoms with Crippen molar-refractivity contribution >= 4 is 21.6 Å². The number of amides is 1. The van der Waals surface area contributed by atoms with Crippen molar-refractivity contribution in [1.29, 1.82) is 0 Å². The smallest absolute Gasteiger partial charge is 0.254 e. The molecule has 6 nitrogen and oxygen atoms in total. The van der Waals surface area contributed by atoms with Crippen molar-refractivity contribution in [3.8, 4) is 0 Å². The number of nitrogens with one attached hydrogen (secondary N) is 1. The second-order valence-corrected chi connectivity index (χ2v) is 7.33. The van der Waals surface area contributed by atoms with E-state index in [1.165, 1.54) is 4.90 Å². The molecule has 1 fully saturated rings. The van der Waals surface area contributed by atoms with Gasteiger partial charge in [0, 0.05) is 31.4 Å². The summed E-state index contributed by atoms with van der Waals surface area (Å²) in [6.45, 7) is 1.82. The lowest BCUT2D eigenvalue weighted by Gasteiger charge is -2.23. The normalized spacial score (nSPS) is 20.6. The first-order chi connectivity index (χ1) is 9.32. The van der Waals surface area contributed by atoms with Gasteiger partial charge in [-0.1, -0.05) is 0 Å². The summed E-state index contributed by atoms with van der Waals surface area (Å²) in [4.78, 5) is 18.2. The predicted molar refractivity (Wildman–Crippen MR) is 77.7 cm³/mol.